The van der Waals surface area contributed by atoms with E-state index < -0.39 is 0 Å². The Morgan fingerprint density at radius 2 is 1.86 bits per heavy atom. The van der Waals surface area contributed by atoms with Crippen molar-refractivity contribution in [2.75, 3.05) is 17.7 Å². The fourth-order valence-corrected chi connectivity index (χ4v) is 2.05. The molecule has 0 saturated heterocycles. The molecule has 2 aromatic rings. The lowest BCUT2D eigenvalue weighted by Crippen LogP contribution is -2.13. The largest absolute Gasteiger partial charge is 0.494 e. The smallest absolute Gasteiger partial charge is 0.224 e. The first kappa shape index (κ1) is 15.9. The van der Waals surface area contributed by atoms with E-state index in [1.807, 2.05) is 36.4 Å². The first-order chi connectivity index (χ1) is 10.7. The topological polar surface area (TPSA) is 64.3 Å². The number of aryl methyl sites for hydroxylation is 1. The number of ether oxygens (including phenoxy) is 1. The van der Waals surface area contributed by atoms with E-state index in [2.05, 4.69) is 12.2 Å². The molecular weight excluding hydrogens is 276 g/mol. The number of benzene rings is 2. The van der Waals surface area contributed by atoms with Crippen LogP contribution >= 0.6 is 0 Å². The lowest BCUT2D eigenvalue weighted by atomic mass is 10.1. The summed E-state index contributed by atoms with van der Waals surface area (Å²) in [4.78, 5) is 12.0. The van der Waals surface area contributed by atoms with Crippen molar-refractivity contribution in [2.45, 2.75) is 26.2 Å². The average molecular weight is 298 g/mol. The van der Waals surface area contributed by atoms with E-state index in [9.17, 15) is 4.79 Å². The molecule has 0 saturated carbocycles. The summed E-state index contributed by atoms with van der Waals surface area (Å²) in [5, 5.41) is 2.83. The molecule has 2 rings (SSSR count). The van der Waals surface area contributed by atoms with Gasteiger partial charge in [0.05, 0.1) is 18.0 Å². The van der Waals surface area contributed by atoms with Gasteiger partial charge in [0.1, 0.15) is 5.75 Å². The van der Waals surface area contributed by atoms with E-state index in [0.717, 1.165) is 24.3 Å². The predicted molar refractivity (Wildman–Crippen MR) is 90.0 cm³/mol. The van der Waals surface area contributed by atoms with Gasteiger partial charge in [0, 0.05) is 6.42 Å². The Bertz CT molecular complexity index is 609. The maximum Gasteiger partial charge on any atom is 0.224 e. The summed E-state index contributed by atoms with van der Waals surface area (Å²) >= 11 is 0. The van der Waals surface area contributed by atoms with Crippen LogP contribution in [-0.2, 0) is 11.2 Å². The Balaban J connectivity index is 1.82. The van der Waals surface area contributed by atoms with Crippen LogP contribution in [0.1, 0.15) is 25.3 Å². The van der Waals surface area contributed by atoms with Gasteiger partial charge in [0.15, 0.2) is 0 Å². The summed E-state index contributed by atoms with van der Waals surface area (Å²) in [6.07, 6.45) is 2.10. The van der Waals surface area contributed by atoms with E-state index >= 15 is 0 Å². The molecule has 0 aliphatic carbocycles. The van der Waals surface area contributed by atoms with E-state index in [-0.39, 0.29) is 5.91 Å². The fourth-order valence-electron chi connectivity index (χ4n) is 2.05. The van der Waals surface area contributed by atoms with Crippen molar-refractivity contribution in [3.8, 4) is 5.75 Å². The minimum Gasteiger partial charge on any atom is -0.494 e. The molecule has 2 aromatic carbocycles. The molecule has 0 aliphatic heterocycles. The monoisotopic (exact) mass is 298 g/mol. The molecule has 0 aliphatic rings. The van der Waals surface area contributed by atoms with Crippen LogP contribution in [0.5, 0.6) is 5.75 Å². The van der Waals surface area contributed by atoms with Crippen molar-refractivity contribution in [3.05, 3.63) is 54.1 Å². The van der Waals surface area contributed by atoms with Gasteiger partial charge < -0.3 is 15.8 Å². The molecule has 4 heteroatoms. The Labute approximate surface area is 131 Å². The summed E-state index contributed by atoms with van der Waals surface area (Å²) in [6, 6.07) is 15.1. The molecule has 0 spiro atoms. The van der Waals surface area contributed by atoms with Gasteiger partial charge in [0.25, 0.3) is 0 Å². The first-order valence-electron chi connectivity index (χ1n) is 7.55. The molecule has 0 unspecified atom stereocenters. The zero-order valence-electron chi connectivity index (χ0n) is 12.8. The molecule has 116 valence electrons. The van der Waals surface area contributed by atoms with E-state index in [1.165, 1.54) is 0 Å². The van der Waals surface area contributed by atoms with E-state index in [4.69, 9.17) is 10.5 Å². The lowest BCUT2D eigenvalue weighted by molar-refractivity contribution is -0.116. The molecule has 0 bridgehead atoms. The van der Waals surface area contributed by atoms with Crippen molar-refractivity contribution in [1.82, 2.24) is 0 Å². The Hall–Kier alpha value is -2.49. The molecule has 22 heavy (non-hydrogen) atoms. The van der Waals surface area contributed by atoms with E-state index in [0.29, 0.717) is 24.2 Å². The number of hydrogen-bond acceptors (Lipinski definition) is 3. The van der Waals surface area contributed by atoms with Crippen molar-refractivity contribution in [3.63, 3.8) is 0 Å². The van der Waals surface area contributed by atoms with Crippen LogP contribution in [0, 0.1) is 0 Å². The second-order valence-corrected chi connectivity index (χ2v) is 5.13. The van der Waals surface area contributed by atoms with Crippen LogP contribution in [0.3, 0.4) is 0 Å². The van der Waals surface area contributed by atoms with Gasteiger partial charge in [-0.2, -0.15) is 0 Å². The SMILES string of the molecule is CCCOc1ccc(CCC(=O)Nc2ccccc2N)cc1. The van der Waals surface area contributed by atoms with Crippen molar-refractivity contribution in [2.24, 2.45) is 0 Å². The van der Waals surface area contributed by atoms with Gasteiger partial charge in [-0.25, -0.2) is 0 Å². The highest BCUT2D eigenvalue weighted by Gasteiger charge is 2.05. The third-order valence-corrected chi connectivity index (χ3v) is 3.27. The standard InChI is InChI=1S/C18H22N2O2/c1-2-13-22-15-10-7-14(8-11-15)9-12-18(21)20-17-6-4-3-5-16(17)19/h3-8,10-11H,2,9,12-13,19H2,1H3,(H,20,21). The number of carbonyl (C=O) groups excluding carboxylic acids is 1. The van der Waals surface area contributed by atoms with Crippen LogP contribution in [0.2, 0.25) is 0 Å². The highest BCUT2D eigenvalue weighted by Crippen LogP contribution is 2.18. The normalized spacial score (nSPS) is 10.2. The Kier molecular flexibility index (Phi) is 5.83. The number of nitrogen functional groups attached to an aromatic ring is 1. The third-order valence-electron chi connectivity index (χ3n) is 3.27. The molecule has 0 atom stereocenters. The van der Waals surface area contributed by atoms with Gasteiger partial charge >= 0.3 is 0 Å². The maximum atomic E-state index is 12.0. The average Bonchev–Trinajstić information content (AvgIpc) is 2.54. The van der Waals surface area contributed by atoms with Crippen molar-refractivity contribution < 1.29 is 9.53 Å². The van der Waals surface area contributed by atoms with Crippen LogP contribution < -0.4 is 15.8 Å². The quantitative estimate of drug-likeness (QED) is 0.767. The minimum atomic E-state index is -0.0378. The van der Waals surface area contributed by atoms with Gasteiger partial charge in [-0.1, -0.05) is 31.2 Å². The number of para-hydroxylation sites is 2. The number of nitrogens with two attached hydrogens (primary N) is 1. The molecule has 0 fully saturated rings. The second kappa shape index (κ2) is 8.08. The van der Waals surface area contributed by atoms with Crippen LogP contribution in [0.4, 0.5) is 11.4 Å². The summed E-state index contributed by atoms with van der Waals surface area (Å²) in [5.41, 5.74) is 8.16. The van der Waals surface area contributed by atoms with Gasteiger partial charge in [0.2, 0.25) is 5.91 Å². The fraction of sp³-hybridized carbons (Fsp3) is 0.278. The molecule has 0 radical (unpaired) electrons. The van der Waals surface area contributed by atoms with Gasteiger partial charge in [-0.05, 0) is 42.7 Å². The molecule has 0 aromatic heterocycles. The molecule has 4 nitrogen and oxygen atoms in total. The zero-order chi connectivity index (χ0) is 15.8. The second-order valence-electron chi connectivity index (χ2n) is 5.13. The summed E-state index contributed by atoms with van der Waals surface area (Å²) in [6.45, 7) is 2.80. The third kappa shape index (κ3) is 4.81. The summed E-state index contributed by atoms with van der Waals surface area (Å²) < 4.78 is 5.53. The van der Waals surface area contributed by atoms with Crippen molar-refractivity contribution >= 4 is 17.3 Å². The maximum absolute atomic E-state index is 12.0. The van der Waals surface area contributed by atoms with Gasteiger partial charge in [-0.3, -0.25) is 4.79 Å². The number of carbonyl (C=O) groups is 1. The van der Waals surface area contributed by atoms with Crippen molar-refractivity contribution in [1.29, 1.82) is 0 Å². The highest BCUT2D eigenvalue weighted by molar-refractivity contribution is 5.93. The van der Waals surface area contributed by atoms with Crippen LogP contribution in [0.15, 0.2) is 48.5 Å². The predicted octanol–water partition coefficient (Wildman–Crippen LogP) is 3.63. The Morgan fingerprint density at radius 1 is 1.14 bits per heavy atom. The minimum absolute atomic E-state index is 0.0378. The molecular formula is C18H22N2O2. The molecule has 3 N–H and O–H groups in total. The first-order valence-corrected chi connectivity index (χ1v) is 7.55. The van der Waals surface area contributed by atoms with E-state index in [1.54, 1.807) is 12.1 Å². The zero-order valence-corrected chi connectivity index (χ0v) is 12.8. The number of hydrogen-bond donors (Lipinski definition) is 2. The summed E-state index contributed by atoms with van der Waals surface area (Å²) in [7, 11) is 0. The number of anilines is 2. The number of amides is 1. The lowest BCUT2D eigenvalue weighted by Gasteiger charge is -2.08. The van der Waals surface area contributed by atoms with Crippen LogP contribution in [-0.4, -0.2) is 12.5 Å². The number of nitrogens with one attached hydrogen (secondary N) is 1. The van der Waals surface area contributed by atoms with Crippen LogP contribution in [0.25, 0.3) is 0 Å². The molecule has 0 heterocycles. The Morgan fingerprint density at radius 3 is 2.55 bits per heavy atom. The number of rotatable bonds is 7. The summed E-state index contributed by atoms with van der Waals surface area (Å²) in [5.74, 6) is 0.830. The highest BCUT2D eigenvalue weighted by atomic mass is 16.5. The van der Waals surface area contributed by atoms with Gasteiger partial charge in [-0.15, -0.1) is 0 Å². The molecule has 1 amide bonds.